The fourth-order valence-electron chi connectivity index (χ4n) is 2.34. The van der Waals surface area contributed by atoms with Crippen LogP contribution < -0.4 is 10.2 Å². The number of nitrogens with one attached hydrogen (secondary N) is 1. The SMILES string of the molecule is O=C(Oc1cccc(C=NNC(=O)c2ccc(Cl)cc2Cl)c1)c1cccc(Br)c1. The van der Waals surface area contributed by atoms with Crippen molar-refractivity contribution in [3.63, 3.8) is 0 Å². The van der Waals surface area contributed by atoms with Gasteiger partial charge in [-0.05, 0) is 54.1 Å². The second-order valence-electron chi connectivity index (χ2n) is 5.80. The summed E-state index contributed by atoms with van der Waals surface area (Å²) in [4.78, 5) is 24.4. The van der Waals surface area contributed by atoms with Gasteiger partial charge in [-0.2, -0.15) is 5.10 Å². The molecule has 0 unspecified atom stereocenters. The molecule has 0 radical (unpaired) electrons. The van der Waals surface area contributed by atoms with Crippen LogP contribution in [0.2, 0.25) is 10.0 Å². The first-order chi connectivity index (χ1) is 13.9. The lowest BCUT2D eigenvalue weighted by molar-refractivity contribution is 0.0734. The van der Waals surface area contributed by atoms with Crippen LogP contribution in [-0.2, 0) is 0 Å². The molecule has 0 saturated carbocycles. The number of hydrogen-bond acceptors (Lipinski definition) is 4. The van der Waals surface area contributed by atoms with E-state index in [1.165, 1.54) is 18.3 Å². The first kappa shape index (κ1) is 21.0. The first-order valence-corrected chi connectivity index (χ1v) is 9.83. The second-order valence-corrected chi connectivity index (χ2v) is 7.55. The summed E-state index contributed by atoms with van der Waals surface area (Å²) in [5.74, 6) is -0.600. The molecular weight excluding hydrogens is 479 g/mol. The highest BCUT2D eigenvalue weighted by Crippen LogP contribution is 2.21. The van der Waals surface area contributed by atoms with Crippen LogP contribution >= 0.6 is 39.1 Å². The number of carbonyl (C=O) groups excluding carboxylic acids is 2. The van der Waals surface area contributed by atoms with Gasteiger partial charge in [0, 0.05) is 9.50 Å². The Kier molecular flexibility index (Phi) is 7.04. The predicted octanol–water partition coefficient (Wildman–Crippen LogP) is 5.74. The molecule has 0 heterocycles. The number of rotatable bonds is 5. The van der Waals surface area contributed by atoms with Crippen LogP contribution in [0.3, 0.4) is 0 Å². The number of esters is 1. The van der Waals surface area contributed by atoms with Crippen LogP contribution in [0.1, 0.15) is 26.3 Å². The normalized spacial score (nSPS) is 10.7. The number of carbonyl (C=O) groups is 2. The quantitative estimate of drug-likeness (QED) is 0.214. The fraction of sp³-hybridized carbons (Fsp3) is 0. The average Bonchev–Trinajstić information content (AvgIpc) is 2.68. The van der Waals surface area contributed by atoms with E-state index in [1.54, 1.807) is 48.5 Å². The van der Waals surface area contributed by atoms with Crippen molar-refractivity contribution in [1.29, 1.82) is 0 Å². The summed E-state index contributed by atoms with van der Waals surface area (Å²) >= 11 is 15.1. The van der Waals surface area contributed by atoms with Gasteiger partial charge in [0.1, 0.15) is 5.75 Å². The maximum Gasteiger partial charge on any atom is 0.343 e. The van der Waals surface area contributed by atoms with E-state index in [-0.39, 0.29) is 10.6 Å². The minimum absolute atomic E-state index is 0.228. The van der Waals surface area contributed by atoms with Crippen molar-refractivity contribution in [2.75, 3.05) is 0 Å². The predicted molar refractivity (Wildman–Crippen MR) is 117 cm³/mol. The summed E-state index contributed by atoms with van der Waals surface area (Å²) < 4.78 is 6.16. The number of nitrogens with zero attached hydrogens (tertiary/aromatic N) is 1. The van der Waals surface area contributed by atoms with Crippen LogP contribution in [0.25, 0.3) is 0 Å². The number of hydrazone groups is 1. The van der Waals surface area contributed by atoms with Crippen LogP contribution in [-0.4, -0.2) is 18.1 Å². The number of ether oxygens (including phenoxy) is 1. The maximum absolute atomic E-state index is 12.2. The highest BCUT2D eigenvalue weighted by molar-refractivity contribution is 9.10. The van der Waals surface area contributed by atoms with Crippen LogP contribution in [0.4, 0.5) is 0 Å². The summed E-state index contributed by atoms with van der Waals surface area (Å²) in [5, 5.41) is 4.57. The Balaban J connectivity index is 1.65. The summed E-state index contributed by atoms with van der Waals surface area (Å²) in [6, 6.07) is 18.2. The third-order valence-corrected chi connectivity index (χ3v) is 4.73. The third-order valence-electron chi connectivity index (χ3n) is 3.68. The van der Waals surface area contributed by atoms with Crippen molar-refractivity contribution in [1.82, 2.24) is 5.43 Å². The smallest absolute Gasteiger partial charge is 0.343 e. The summed E-state index contributed by atoms with van der Waals surface area (Å²) in [6.07, 6.45) is 1.43. The molecule has 146 valence electrons. The topological polar surface area (TPSA) is 67.8 Å². The molecule has 0 bridgehead atoms. The Morgan fingerprint density at radius 1 is 1.00 bits per heavy atom. The Labute approximate surface area is 185 Å². The molecule has 0 aliphatic carbocycles. The Morgan fingerprint density at radius 2 is 1.79 bits per heavy atom. The molecule has 3 aromatic carbocycles. The van der Waals surface area contributed by atoms with E-state index < -0.39 is 11.9 Å². The van der Waals surface area contributed by atoms with Crippen LogP contribution in [0.5, 0.6) is 5.75 Å². The molecule has 3 rings (SSSR count). The van der Waals surface area contributed by atoms with Gasteiger partial charge in [-0.25, -0.2) is 10.2 Å². The second kappa shape index (κ2) is 9.69. The van der Waals surface area contributed by atoms with E-state index >= 15 is 0 Å². The standard InChI is InChI=1S/C21H13BrCl2N2O3/c22-15-5-2-4-14(10-15)21(28)29-17-6-1-3-13(9-17)12-25-26-20(27)18-8-7-16(23)11-19(18)24/h1-12H,(H,26,27). The van der Waals surface area contributed by atoms with Crippen molar-refractivity contribution >= 4 is 57.2 Å². The van der Waals surface area contributed by atoms with Gasteiger partial charge >= 0.3 is 5.97 Å². The highest BCUT2D eigenvalue weighted by Gasteiger charge is 2.10. The van der Waals surface area contributed by atoms with Crippen molar-refractivity contribution in [3.8, 4) is 5.75 Å². The van der Waals surface area contributed by atoms with E-state index in [1.807, 2.05) is 6.07 Å². The minimum Gasteiger partial charge on any atom is -0.423 e. The summed E-state index contributed by atoms with van der Waals surface area (Å²) in [7, 11) is 0. The molecule has 0 fully saturated rings. The third kappa shape index (κ3) is 5.90. The molecule has 5 nitrogen and oxygen atoms in total. The molecule has 0 aliphatic rings. The van der Waals surface area contributed by atoms with Gasteiger partial charge < -0.3 is 4.74 Å². The molecule has 1 N–H and O–H groups in total. The lowest BCUT2D eigenvalue weighted by Crippen LogP contribution is -2.18. The largest absolute Gasteiger partial charge is 0.423 e. The zero-order chi connectivity index (χ0) is 20.8. The molecule has 29 heavy (non-hydrogen) atoms. The number of hydrogen-bond donors (Lipinski definition) is 1. The molecular formula is C21H13BrCl2N2O3. The van der Waals surface area contributed by atoms with Crippen molar-refractivity contribution < 1.29 is 14.3 Å². The number of benzene rings is 3. The van der Waals surface area contributed by atoms with Crippen molar-refractivity contribution in [2.45, 2.75) is 0 Å². The number of halogens is 3. The Bertz CT molecular complexity index is 1100. The van der Waals surface area contributed by atoms with E-state index in [4.69, 9.17) is 27.9 Å². The van der Waals surface area contributed by atoms with Crippen molar-refractivity contribution in [2.24, 2.45) is 5.10 Å². The van der Waals surface area contributed by atoms with E-state index in [2.05, 4.69) is 26.5 Å². The van der Waals surface area contributed by atoms with Gasteiger partial charge in [-0.1, -0.05) is 57.3 Å². The maximum atomic E-state index is 12.2. The van der Waals surface area contributed by atoms with Crippen LogP contribution in [0, 0.1) is 0 Å². The van der Waals surface area contributed by atoms with Gasteiger partial charge in [0.05, 0.1) is 22.4 Å². The molecule has 1 amide bonds. The Morgan fingerprint density at radius 3 is 2.55 bits per heavy atom. The fourth-order valence-corrected chi connectivity index (χ4v) is 3.23. The first-order valence-electron chi connectivity index (χ1n) is 8.28. The summed E-state index contributed by atoms with van der Waals surface area (Å²) in [6.45, 7) is 0. The van der Waals surface area contributed by atoms with Crippen molar-refractivity contribution in [3.05, 3.63) is 97.9 Å². The van der Waals surface area contributed by atoms with Gasteiger partial charge in [0.25, 0.3) is 5.91 Å². The Hall–Kier alpha value is -2.67. The molecule has 0 aliphatic heterocycles. The molecule has 8 heteroatoms. The molecule has 0 atom stereocenters. The van der Waals surface area contributed by atoms with E-state index in [9.17, 15) is 9.59 Å². The van der Waals surface area contributed by atoms with Crippen LogP contribution in [0.15, 0.2) is 76.3 Å². The van der Waals surface area contributed by atoms with Gasteiger partial charge in [-0.15, -0.1) is 0 Å². The minimum atomic E-state index is -0.480. The molecule has 0 spiro atoms. The number of amides is 1. The van der Waals surface area contributed by atoms with Gasteiger partial charge in [0.15, 0.2) is 0 Å². The van der Waals surface area contributed by atoms with E-state index in [0.717, 1.165) is 4.47 Å². The highest BCUT2D eigenvalue weighted by atomic mass is 79.9. The van der Waals surface area contributed by atoms with Gasteiger partial charge in [-0.3, -0.25) is 4.79 Å². The lowest BCUT2D eigenvalue weighted by Gasteiger charge is -2.05. The lowest BCUT2D eigenvalue weighted by atomic mass is 10.2. The zero-order valence-corrected chi connectivity index (χ0v) is 17.8. The zero-order valence-electron chi connectivity index (χ0n) is 14.7. The average molecular weight is 492 g/mol. The van der Waals surface area contributed by atoms with E-state index in [0.29, 0.717) is 21.9 Å². The summed E-state index contributed by atoms with van der Waals surface area (Å²) in [5.41, 5.74) is 3.70. The molecule has 3 aromatic rings. The molecule has 0 saturated heterocycles. The molecule has 0 aromatic heterocycles. The van der Waals surface area contributed by atoms with Gasteiger partial charge in [0.2, 0.25) is 0 Å². The monoisotopic (exact) mass is 490 g/mol.